The van der Waals surface area contributed by atoms with Crippen molar-refractivity contribution in [2.45, 2.75) is 240 Å². The van der Waals surface area contributed by atoms with Gasteiger partial charge in [0.2, 0.25) is 11.8 Å². The molecule has 21 heterocycles. The van der Waals surface area contributed by atoms with Gasteiger partial charge in [0.1, 0.15) is 190 Å². The van der Waals surface area contributed by atoms with Gasteiger partial charge in [0, 0.05) is 12.2 Å². The number of carboxylic acid groups (broad SMARTS) is 2. The van der Waals surface area contributed by atoms with Crippen LogP contribution in [0.3, 0.4) is 0 Å². The summed E-state index contributed by atoms with van der Waals surface area (Å²) in [5, 5.41) is 252. The fraction of sp³-hybridized carbons (Fsp3) is 0.923. The molecule has 0 aromatic heterocycles. The highest BCUT2D eigenvalue weighted by Gasteiger charge is 2.59. The highest BCUT2D eigenvalue weighted by Crippen LogP contribution is 2.39. The first-order valence-corrected chi connectivity index (χ1v) is 30.9. The third-order valence-corrected chi connectivity index (χ3v) is 17.4. The molecule has 21 fully saturated rings. The Morgan fingerprint density at radius 3 is 0.722 bits per heavy atom. The van der Waals surface area contributed by atoms with E-state index in [-0.39, 0.29) is 18.6 Å². The van der Waals surface area contributed by atoms with E-state index in [1.807, 2.05) is 0 Å². The quantitative estimate of drug-likeness (QED) is 0.0638. The number of carboxylic acids is 2. The predicted octanol–water partition coefficient (Wildman–Crippen LogP) is -17.4. The fourth-order valence-corrected chi connectivity index (χ4v) is 11.8. The van der Waals surface area contributed by atoms with Crippen LogP contribution in [0.1, 0.15) is 12.8 Å². The summed E-state index contributed by atoms with van der Waals surface area (Å²) in [6.45, 7) is -7.89. The molecule has 2 amide bonds. The molecule has 0 radical (unpaired) electrons. The van der Waals surface area contributed by atoms with Crippen LogP contribution in [-0.2, 0) is 85.5 Å². The molecule has 0 spiro atoms. The Labute approximate surface area is 552 Å². The Morgan fingerprint density at radius 1 is 0.351 bits per heavy atom. The third kappa shape index (κ3) is 18.6. The molecule has 21 aliphatic rings. The number of rotatable bonds is 16. The standard InChI is InChI=1S/C42H70O35.C10H17N3O6S/c43-1-8-29-15(50)22(57)36(64-8)72-30-9(2-44)66-38(24(59)17(30)52)74-32-11(4-46)68-40(26(61)19(32)54)76-34-13(6-48)70-42(28(63)21(34)56)77-35-14(7-49)69-41(27(62)20(35)55)75-33-12(5-47)67-39(25(60)18(33)53)73-31-10(3-45)65-37(71-29)23(58)16(31)51;11-5(10(18)19)1-2-7(14)13-6(4-20)9(17)12-3-8(15)16/h8-63H,1-7H2;5-6,20H,1-4,11H2,(H,12,17)(H,13,14)(H,15,16)(H,18,19)/t8-,9-,10-,11-,12-,13-,14-,15-,16-,17-,18-,19-,20-,21-,22-,23-,24-,25-,26-,27-,28-,29-,30-,31-,32-,33-,34-,35-,36-,37-,38-,39-,40-,41-,42-;5-,6-/m10/s1. The van der Waals surface area contributed by atoms with Gasteiger partial charge < -0.3 is 200 Å². The minimum Gasteiger partial charge on any atom is -0.480 e. The largest absolute Gasteiger partial charge is 0.480 e. The van der Waals surface area contributed by atoms with Crippen LogP contribution >= 0.6 is 12.6 Å². The van der Waals surface area contributed by atoms with Gasteiger partial charge in [0.15, 0.2) is 44.0 Å². The van der Waals surface area contributed by atoms with Gasteiger partial charge in [-0.05, 0) is 6.42 Å². The van der Waals surface area contributed by atoms with Crippen molar-refractivity contribution in [1.82, 2.24) is 10.6 Å². The number of hydrogen-bond donors (Lipinski definition) is 27. The summed E-state index contributed by atoms with van der Waals surface area (Å²) in [4.78, 5) is 43.7. The second-order valence-corrected chi connectivity index (χ2v) is 23.9. The molecule has 0 unspecified atom stereocenters. The van der Waals surface area contributed by atoms with E-state index in [0.29, 0.717) is 0 Å². The van der Waals surface area contributed by atoms with E-state index in [4.69, 9.17) is 82.3 Å². The number of amides is 2. The molecule has 44 nitrogen and oxygen atoms in total. The van der Waals surface area contributed by atoms with Crippen LogP contribution in [0.4, 0.5) is 0 Å². The van der Waals surface area contributed by atoms with Gasteiger partial charge in [-0.15, -0.1) is 0 Å². The van der Waals surface area contributed by atoms with Crippen LogP contribution in [0.5, 0.6) is 0 Å². The molecule has 562 valence electrons. The number of aliphatic carboxylic acids is 2. The zero-order valence-electron chi connectivity index (χ0n) is 50.8. The normalized spacial score (nSPS) is 46.6. The van der Waals surface area contributed by atoms with E-state index in [0.717, 1.165) is 0 Å². The zero-order chi connectivity index (χ0) is 71.8. The molecule has 37 atom stereocenters. The van der Waals surface area contributed by atoms with Gasteiger partial charge in [-0.25, -0.2) is 0 Å². The van der Waals surface area contributed by atoms with Gasteiger partial charge in [0.25, 0.3) is 0 Å². The third-order valence-electron chi connectivity index (χ3n) is 17.0. The second kappa shape index (κ2) is 36.3. The Balaban J connectivity index is 0.000000573. The smallest absolute Gasteiger partial charge is 0.322 e. The lowest BCUT2D eigenvalue weighted by Crippen LogP contribution is -2.68. The SMILES string of the molecule is N[C@@H](CCC(=O)N[C@@H](CS)C(=O)NCC(=O)O)C(=O)O.OC[C@H]1O[C@@H]2O[C@H]3[C@H](O)[C@@H](O)[C@@H](O[C@H]4[C@H](O)[C@@H](O)[C@@H](O[C@H]5[C@H](O)[C@@H](O)[C@@H](O[C@H]6[C@H](O)[C@@H](O)[C@@H](O[C@H]7[C@H](O)[C@@H](O)[C@@H](O[C@H]8[C@H](O)[C@@H](O)[C@@H](O[C@H]1[C@H](O)[C@H]2O)O[C@@H]8CO)O[C@@H]7CO)O[C@@H]6CO)O[C@@H]5CO)O[C@@H]4CO)O[C@@H]3CO. The summed E-state index contributed by atoms with van der Waals surface area (Å²) in [5.41, 5.74) is 5.23. The van der Waals surface area contributed by atoms with Crippen LogP contribution in [0, 0.1) is 0 Å². The summed E-state index contributed by atoms with van der Waals surface area (Å²) in [5.74, 6) is -3.70. The highest BCUT2D eigenvalue weighted by molar-refractivity contribution is 7.80. The number of nitrogens with one attached hydrogen (secondary N) is 2. The van der Waals surface area contributed by atoms with Crippen molar-refractivity contribution in [3.05, 3.63) is 0 Å². The van der Waals surface area contributed by atoms with E-state index in [2.05, 4.69) is 23.3 Å². The molecular weight excluding hydrogens is 1350 g/mol. The van der Waals surface area contributed by atoms with Gasteiger partial charge >= 0.3 is 11.9 Å². The molecule has 0 aromatic carbocycles. The molecule has 21 saturated heterocycles. The molecule has 21 aliphatic heterocycles. The first-order chi connectivity index (χ1) is 45.9. The number of carbonyl (C=O) groups is 4. The van der Waals surface area contributed by atoms with Gasteiger partial charge in [-0.1, -0.05) is 0 Å². The fourth-order valence-electron chi connectivity index (χ4n) is 11.6. The summed E-state index contributed by atoms with van der Waals surface area (Å²) in [6.07, 6.45) is -70.5. The number of thiol groups is 1. The lowest BCUT2D eigenvalue weighted by molar-refractivity contribution is -0.396. The summed E-state index contributed by atoms with van der Waals surface area (Å²) in [7, 11) is 0. The first kappa shape index (κ1) is 81.1. The topological polar surface area (TPSA) is 713 Å². The number of aliphatic hydroxyl groups is 21. The lowest BCUT2D eigenvalue weighted by atomic mass is 9.95. The first-order valence-electron chi connectivity index (χ1n) is 30.3. The van der Waals surface area contributed by atoms with E-state index in [9.17, 15) is 126 Å². The van der Waals surface area contributed by atoms with Gasteiger partial charge in [0.05, 0.1) is 46.2 Å². The molecule has 0 saturated carbocycles. The van der Waals surface area contributed by atoms with E-state index >= 15 is 0 Å². The van der Waals surface area contributed by atoms with Crippen molar-refractivity contribution in [3.63, 3.8) is 0 Å². The van der Waals surface area contributed by atoms with Crippen molar-refractivity contribution in [2.24, 2.45) is 5.73 Å². The highest BCUT2D eigenvalue weighted by atomic mass is 32.1. The van der Waals surface area contributed by atoms with E-state index in [1.165, 1.54) is 0 Å². The number of carbonyl (C=O) groups excluding carboxylic acids is 2. The van der Waals surface area contributed by atoms with Crippen molar-refractivity contribution in [2.75, 3.05) is 58.5 Å². The number of hydrogen-bond acceptors (Lipinski definition) is 41. The Morgan fingerprint density at radius 2 is 0.557 bits per heavy atom. The molecular formula is C52H87N3O41S. The summed E-state index contributed by atoms with van der Waals surface area (Å²) in [6, 6.07) is -2.15. The average Bonchev–Trinajstić information content (AvgIpc) is 0.786. The van der Waals surface area contributed by atoms with Crippen LogP contribution in [-0.4, -0.2) is 427 Å². The molecule has 97 heavy (non-hydrogen) atoms. The van der Waals surface area contributed by atoms with Crippen molar-refractivity contribution in [1.29, 1.82) is 0 Å². The molecule has 14 bridgehead atoms. The van der Waals surface area contributed by atoms with Crippen LogP contribution in [0.15, 0.2) is 0 Å². The molecule has 21 rings (SSSR count). The summed E-state index contributed by atoms with van der Waals surface area (Å²) >= 11 is 3.87. The monoisotopic (exact) mass is 1440 g/mol. The van der Waals surface area contributed by atoms with Crippen molar-refractivity contribution >= 4 is 36.4 Å². The maximum atomic E-state index is 11.5. The Kier molecular flexibility index (Phi) is 30.3. The second-order valence-electron chi connectivity index (χ2n) is 23.5. The van der Waals surface area contributed by atoms with E-state index in [1.54, 1.807) is 0 Å². The Hall–Kier alpha value is -3.21. The van der Waals surface area contributed by atoms with Gasteiger partial charge in [-0.2, -0.15) is 12.6 Å². The number of aliphatic hydroxyl groups excluding tert-OH is 21. The average molecular weight is 1440 g/mol. The van der Waals surface area contributed by atoms with Crippen LogP contribution in [0.2, 0.25) is 0 Å². The molecule has 45 heteroatoms. The zero-order valence-corrected chi connectivity index (χ0v) is 51.7. The maximum absolute atomic E-state index is 11.5. The lowest BCUT2D eigenvalue weighted by Gasteiger charge is -2.50. The maximum Gasteiger partial charge on any atom is 0.322 e. The van der Waals surface area contributed by atoms with Crippen LogP contribution in [0.25, 0.3) is 0 Å². The van der Waals surface area contributed by atoms with Gasteiger partial charge in [-0.3, -0.25) is 19.2 Å². The minimum absolute atomic E-state index is 0.0256. The molecule has 0 aliphatic carbocycles. The van der Waals surface area contributed by atoms with Crippen molar-refractivity contribution < 1.29 is 203 Å². The number of nitrogens with two attached hydrogens (primary N) is 1. The summed E-state index contributed by atoms with van der Waals surface area (Å²) < 4.78 is 79.5. The number of ether oxygens (including phenoxy) is 14. The molecule has 27 N–H and O–H groups in total. The Bertz CT molecular complexity index is 2110. The van der Waals surface area contributed by atoms with Crippen molar-refractivity contribution in [3.8, 4) is 0 Å². The van der Waals surface area contributed by atoms with E-state index < -0.39 is 304 Å². The predicted molar refractivity (Wildman–Crippen MR) is 300 cm³/mol. The minimum atomic E-state index is -2.21. The molecule has 0 aromatic rings. The van der Waals surface area contributed by atoms with Crippen LogP contribution < -0.4 is 16.4 Å².